The fourth-order valence-electron chi connectivity index (χ4n) is 7.11. The molecule has 1 N–H and O–H groups in total. The molecule has 4 bridgehead atoms. The van der Waals surface area contributed by atoms with Crippen LogP contribution in [0.4, 0.5) is 14.6 Å². The van der Waals surface area contributed by atoms with Crippen molar-refractivity contribution in [2.45, 2.75) is 31.4 Å². The van der Waals surface area contributed by atoms with Gasteiger partial charge >= 0.3 is 0 Å². The third-order valence-electron chi connectivity index (χ3n) is 9.25. The van der Waals surface area contributed by atoms with E-state index in [9.17, 15) is 18.7 Å². The van der Waals surface area contributed by atoms with Crippen molar-refractivity contribution < 1.29 is 23.4 Å². The fraction of sp³-hybridized carbons (Fsp3) is 0.286. The van der Waals surface area contributed by atoms with E-state index in [2.05, 4.69) is 27.2 Å². The van der Waals surface area contributed by atoms with Crippen molar-refractivity contribution in [3.8, 4) is 22.6 Å². The molecule has 11 nitrogen and oxygen atoms in total. The highest BCUT2D eigenvalue weighted by Crippen LogP contribution is 2.36. The van der Waals surface area contributed by atoms with E-state index in [1.165, 1.54) is 23.3 Å². The second kappa shape index (κ2) is 12.0. The Kier molecular flexibility index (Phi) is 7.47. The van der Waals surface area contributed by atoms with Gasteiger partial charge in [0, 0.05) is 43.7 Å². The molecule has 1 fully saturated rings. The summed E-state index contributed by atoms with van der Waals surface area (Å²) in [7, 11) is 1.94. The Morgan fingerprint density at radius 3 is 2.79 bits per heavy atom. The summed E-state index contributed by atoms with van der Waals surface area (Å²) < 4.78 is 38.3. The van der Waals surface area contributed by atoms with Gasteiger partial charge in [0.15, 0.2) is 11.5 Å². The molecule has 0 radical (unpaired) electrons. The van der Waals surface area contributed by atoms with E-state index >= 15 is 0 Å². The number of rotatable bonds is 4. The number of carbonyl (C=O) groups excluding carboxylic acids is 1. The first-order valence-electron chi connectivity index (χ1n) is 15.9. The molecule has 3 aromatic carbocycles. The molecule has 0 saturated carbocycles. The Morgan fingerprint density at radius 1 is 1.06 bits per heavy atom. The predicted molar refractivity (Wildman–Crippen MR) is 175 cm³/mol. The lowest BCUT2D eigenvalue weighted by molar-refractivity contribution is -0.133. The minimum Gasteiger partial charge on any atom is -0.488 e. The lowest BCUT2D eigenvalue weighted by atomic mass is 9.98. The Morgan fingerprint density at radius 2 is 1.94 bits per heavy atom. The van der Waals surface area contributed by atoms with Crippen LogP contribution < -0.4 is 9.64 Å². The van der Waals surface area contributed by atoms with Crippen LogP contribution in [0.15, 0.2) is 73.2 Å². The molecule has 8 rings (SSSR count). The topological polar surface area (TPSA) is 114 Å². The molecule has 13 heteroatoms. The van der Waals surface area contributed by atoms with Crippen molar-refractivity contribution in [3.63, 3.8) is 0 Å². The number of halogens is 2. The number of anilines is 1. The number of amides is 1. The van der Waals surface area contributed by atoms with Crippen molar-refractivity contribution in [2.24, 2.45) is 7.05 Å². The summed E-state index contributed by atoms with van der Waals surface area (Å²) in [6, 6.07) is 16.7. The maximum atomic E-state index is 14.8. The lowest BCUT2D eigenvalue weighted by Gasteiger charge is -2.30. The lowest BCUT2D eigenvalue weighted by Crippen LogP contribution is -2.47. The van der Waals surface area contributed by atoms with Gasteiger partial charge in [0.2, 0.25) is 5.91 Å². The molecule has 6 aromatic rings. The number of aliphatic hydroxyl groups excluding tert-OH is 1. The second-order valence-electron chi connectivity index (χ2n) is 12.2. The van der Waals surface area contributed by atoms with Crippen LogP contribution in [0, 0.1) is 11.6 Å². The molecule has 3 aromatic heterocycles. The summed E-state index contributed by atoms with van der Waals surface area (Å²) in [6.45, 7) is 0.752. The van der Waals surface area contributed by atoms with Crippen LogP contribution in [-0.2, 0) is 18.3 Å². The second-order valence-corrected chi connectivity index (χ2v) is 12.2. The Labute approximate surface area is 274 Å². The summed E-state index contributed by atoms with van der Waals surface area (Å²) in [5.41, 5.74) is 4.38. The standard InChI is InChI=1S/C35H32F2N8O3/c1-42-30-9-4-12-43(13-14-46)35(47)31-17-24(48-23-6-2-5-21(15-23)25-7-3-8-28(41-42)32(25)30)19-44(31)33-26-18-40-45(34(26)39-20-38-33)29-11-10-22(36)16-27(29)37/h2-3,5-8,10-11,15-16,18,20,24,31,46H,4,9,12-14,17,19H2,1H3/t24-,31-/m0/s1. The van der Waals surface area contributed by atoms with Crippen molar-refractivity contribution >= 4 is 33.7 Å². The smallest absolute Gasteiger partial charge is 0.245 e. The van der Waals surface area contributed by atoms with Gasteiger partial charge in [-0.1, -0.05) is 24.3 Å². The molecular weight excluding hydrogens is 618 g/mol. The molecule has 48 heavy (non-hydrogen) atoms. The zero-order valence-electron chi connectivity index (χ0n) is 26.1. The largest absolute Gasteiger partial charge is 0.488 e. The minimum atomic E-state index is -0.785. The third-order valence-corrected chi connectivity index (χ3v) is 9.25. The number of aromatic nitrogens is 6. The van der Waals surface area contributed by atoms with Crippen LogP contribution in [0.3, 0.4) is 0 Å². The molecule has 0 spiro atoms. The molecule has 0 aliphatic carbocycles. The Bertz CT molecular complexity index is 2180. The van der Waals surface area contributed by atoms with Gasteiger partial charge in [-0.25, -0.2) is 23.4 Å². The molecule has 0 unspecified atom stereocenters. The highest BCUT2D eigenvalue weighted by atomic mass is 19.1. The maximum absolute atomic E-state index is 14.8. The van der Waals surface area contributed by atoms with Gasteiger partial charge in [0.25, 0.3) is 0 Å². The number of carbonyl (C=O) groups is 1. The molecule has 1 saturated heterocycles. The Balaban J connectivity index is 1.21. The number of hydrogen-bond donors (Lipinski definition) is 1. The van der Waals surface area contributed by atoms with E-state index in [1.54, 1.807) is 4.90 Å². The average Bonchev–Trinajstić information content (AvgIpc) is 3.79. The van der Waals surface area contributed by atoms with E-state index in [1.807, 2.05) is 47.0 Å². The molecule has 2 atom stereocenters. The number of β-amino-alcohol motifs (C(OH)–C–C–N with tert-alkyl or cyclic N) is 1. The summed E-state index contributed by atoms with van der Waals surface area (Å²) in [5.74, 6) is -0.523. The van der Waals surface area contributed by atoms with Gasteiger partial charge in [0.1, 0.15) is 41.5 Å². The van der Waals surface area contributed by atoms with Crippen LogP contribution in [0.25, 0.3) is 38.8 Å². The third kappa shape index (κ3) is 5.10. The number of aryl methyl sites for hydroxylation is 2. The Hall–Kier alpha value is -5.43. The number of aliphatic hydroxyl groups is 1. The van der Waals surface area contributed by atoms with Crippen LogP contribution in [0.2, 0.25) is 0 Å². The van der Waals surface area contributed by atoms with Gasteiger partial charge in [-0.05, 0) is 54.3 Å². The van der Waals surface area contributed by atoms with Crippen molar-refractivity contribution in [3.05, 3.63) is 90.5 Å². The zero-order valence-corrected chi connectivity index (χ0v) is 26.1. The summed E-state index contributed by atoms with van der Waals surface area (Å²) in [5, 5.41) is 20.7. The van der Waals surface area contributed by atoms with Gasteiger partial charge in [-0.2, -0.15) is 10.2 Å². The monoisotopic (exact) mass is 650 g/mol. The van der Waals surface area contributed by atoms with E-state index in [0.717, 1.165) is 39.9 Å². The van der Waals surface area contributed by atoms with Crippen LogP contribution >= 0.6 is 0 Å². The van der Waals surface area contributed by atoms with Gasteiger partial charge in [0.05, 0.1) is 30.3 Å². The summed E-state index contributed by atoms with van der Waals surface area (Å²) >= 11 is 0. The first-order valence-corrected chi connectivity index (χ1v) is 15.9. The number of fused-ring (bicyclic) bond motifs is 6. The van der Waals surface area contributed by atoms with Crippen LogP contribution in [0.1, 0.15) is 18.5 Å². The van der Waals surface area contributed by atoms with Gasteiger partial charge in [-0.15, -0.1) is 0 Å². The first kappa shape index (κ1) is 29.9. The first-order chi connectivity index (χ1) is 23.4. The molecule has 2 aliphatic rings. The highest BCUT2D eigenvalue weighted by Gasteiger charge is 2.42. The number of ether oxygens (including phenoxy) is 1. The molecule has 244 valence electrons. The quantitative estimate of drug-likeness (QED) is 0.298. The predicted octanol–water partition coefficient (Wildman–Crippen LogP) is 4.44. The SMILES string of the molecule is Cn1nc2cccc3c2c1CCCN(CCO)C(=O)[C@@H]1C[C@@H](CN1c1ncnc2c1cnn2-c1ccc(F)cc1F)Oc1cccc-3c1. The van der Waals surface area contributed by atoms with Crippen molar-refractivity contribution in [1.82, 2.24) is 34.4 Å². The molecule has 5 heterocycles. The summed E-state index contributed by atoms with van der Waals surface area (Å²) in [4.78, 5) is 26.9. The van der Waals surface area contributed by atoms with E-state index in [-0.39, 0.29) is 30.9 Å². The van der Waals surface area contributed by atoms with Crippen LogP contribution in [0.5, 0.6) is 5.75 Å². The normalized spacial score (nSPS) is 18.3. The molecular formula is C35H32F2N8O3. The highest BCUT2D eigenvalue weighted by molar-refractivity contribution is 5.97. The minimum absolute atomic E-state index is 0.0361. The number of nitrogens with zero attached hydrogens (tertiary/aromatic N) is 8. The average molecular weight is 651 g/mol. The number of benzene rings is 3. The zero-order chi connectivity index (χ0) is 32.9. The van der Waals surface area contributed by atoms with E-state index in [0.29, 0.717) is 55.0 Å². The van der Waals surface area contributed by atoms with Crippen molar-refractivity contribution in [1.29, 1.82) is 0 Å². The summed E-state index contributed by atoms with van der Waals surface area (Å²) in [6.07, 6.45) is 4.20. The van der Waals surface area contributed by atoms with Crippen LogP contribution in [-0.4, -0.2) is 83.8 Å². The van der Waals surface area contributed by atoms with Gasteiger partial charge in [-0.3, -0.25) is 9.48 Å². The fourth-order valence-corrected chi connectivity index (χ4v) is 7.11. The number of hydrogen-bond acceptors (Lipinski definition) is 8. The van der Waals surface area contributed by atoms with E-state index in [4.69, 9.17) is 9.84 Å². The van der Waals surface area contributed by atoms with E-state index < -0.39 is 17.7 Å². The molecule has 2 aliphatic heterocycles. The molecule has 1 amide bonds. The van der Waals surface area contributed by atoms with Gasteiger partial charge < -0.3 is 19.6 Å². The van der Waals surface area contributed by atoms with Crippen molar-refractivity contribution in [2.75, 3.05) is 31.1 Å². The maximum Gasteiger partial charge on any atom is 0.245 e.